The van der Waals surface area contributed by atoms with Crippen LogP contribution in [0.1, 0.15) is 34.1 Å². The van der Waals surface area contributed by atoms with Crippen LogP contribution >= 0.6 is 0 Å². The lowest BCUT2D eigenvalue weighted by molar-refractivity contribution is -0.142. The Morgan fingerprint density at radius 3 is 2.55 bits per heavy atom. The van der Waals surface area contributed by atoms with Crippen molar-refractivity contribution < 1.29 is 19.5 Å². The summed E-state index contributed by atoms with van der Waals surface area (Å²) in [6, 6.07) is -2.05. The van der Waals surface area contributed by atoms with Crippen molar-refractivity contribution in [2.75, 3.05) is 13.1 Å². The van der Waals surface area contributed by atoms with Gasteiger partial charge in [0.25, 0.3) is 0 Å². The summed E-state index contributed by atoms with van der Waals surface area (Å²) in [4.78, 5) is 36.6. The molecule has 0 aromatic heterocycles. The molecule has 0 aliphatic carbocycles. The third kappa shape index (κ3) is 3.61. The lowest BCUT2D eigenvalue weighted by atomic mass is 9.87. The minimum atomic E-state index is -1.08. The number of urea groups is 1. The smallest absolute Gasteiger partial charge is 0.326 e. The van der Waals surface area contributed by atoms with Crippen molar-refractivity contribution >= 4 is 17.9 Å². The number of nitrogens with zero attached hydrogens (tertiary/aromatic N) is 1. The highest BCUT2D eigenvalue weighted by molar-refractivity contribution is 5.90. The van der Waals surface area contributed by atoms with Gasteiger partial charge in [-0.1, -0.05) is 27.7 Å². The molecule has 0 spiro atoms. The Morgan fingerprint density at radius 1 is 1.50 bits per heavy atom. The highest BCUT2D eigenvalue weighted by atomic mass is 16.4. The predicted octanol–water partition coefficient (Wildman–Crippen LogP) is 0.406. The molecule has 1 fully saturated rings. The van der Waals surface area contributed by atoms with Crippen LogP contribution in [0.3, 0.4) is 0 Å². The zero-order valence-corrected chi connectivity index (χ0v) is 12.4. The Bertz CT molecular complexity index is 403. The lowest BCUT2D eigenvalue weighted by Gasteiger charge is -2.36. The first-order valence-electron chi connectivity index (χ1n) is 6.76. The number of aliphatic carboxylic acids is 1. The van der Waals surface area contributed by atoms with Gasteiger partial charge in [0.15, 0.2) is 0 Å². The van der Waals surface area contributed by atoms with Gasteiger partial charge in [-0.2, -0.15) is 0 Å². The van der Waals surface area contributed by atoms with E-state index in [1.807, 2.05) is 6.92 Å². The average molecular weight is 285 g/mol. The van der Waals surface area contributed by atoms with Crippen molar-refractivity contribution in [2.45, 2.75) is 46.2 Å². The summed E-state index contributed by atoms with van der Waals surface area (Å²) in [5.41, 5.74) is -0.610. The predicted molar refractivity (Wildman–Crippen MR) is 73.2 cm³/mol. The first-order valence-corrected chi connectivity index (χ1v) is 6.76. The topological polar surface area (TPSA) is 98.7 Å². The summed E-state index contributed by atoms with van der Waals surface area (Å²) in [6.07, 6.45) is 0.493. The third-order valence-corrected chi connectivity index (χ3v) is 3.36. The molecule has 1 aliphatic rings. The van der Waals surface area contributed by atoms with Gasteiger partial charge in [0.2, 0.25) is 5.91 Å². The van der Waals surface area contributed by atoms with Gasteiger partial charge in [0.05, 0.1) is 0 Å². The number of nitrogens with one attached hydrogen (secondary N) is 2. The molecule has 2 atom stereocenters. The highest BCUT2D eigenvalue weighted by Gasteiger charge is 2.37. The maximum Gasteiger partial charge on any atom is 0.326 e. The number of carbonyl (C=O) groups excluding carboxylic acids is 2. The fraction of sp³-hybridized carbons (Fsp3) is 0.769. The van der Waals surface area contributed by atoms with E-state index in [1.54, 1.807) is 20.8 Å². The number of carboxylic acids is 1. The molecule has 3 N–H and O–H groups in total. The Balaban J connectivity index is 2.83. The van der Waals surface area contributed by atoms with E-state index in [4.69, 9.17) is 0 Å². The Kier molecular flexibility index (Phi) is 4.97. The Labute approximate surface area is 118 Å². The maximum atomic E-state index is 12.2. The van der Waals surface area contributed by atoms with E-state index >= 15 is 0 Å². The van der Waals surface area contributed by atoms with Gasteiger partial charge in [0.1, 0.15) is 12.1 Å². The van der Waals surface area contributed by atoms with Crippen LogP contribution in [-0.4, -0.2) is 53.1 Å². The van der Waals surface area contributed by atoms with E-state index in [0.717, 1.165) is 0 Å². The summed E-state index contributed by atoms with van der Waals surface area (Å²) in [5.74, 6) is -1.28. The van der Waals surface area contributed by atoms with Gasteiger partial charge in [-0.3, -0.25) is 4.79 Å². The molecule has 0 aromatic carbocycles. The van der Waals surface area contributed by atoms with Crippen molar-refractivity contribution in [3.05, 3.63) is 0 Å². The molecule has 7 heteroatoms. The average Bonchev–Trinajstić information content (AvgIpc) is 2.33. The SMILES string of the molecule is CCC1C(=O)NCCN1C(=O)N[C@@H](C(=O)O)C(C)(C)C. The molecule has 0 saturated carbocycles. The number of carboxylic acid groups (broad SMARTS) is 1. The minimum Gasteiger partial charge on any atom is -0.480 e. The van der Waals surface area contributed by atoms with Gasteiger partial charge >= 0.3 is 12.0 Å². The molecule has 1 aliphatic heterocycles. The normalized spacial score (nSPS) is 21.1. The summed E-state index contributed by atoms with van der Waals surface area (Å²) >= 11 is 0. The van der Waals surface area contributed by atoms with Crippen LogP contribution < -0.4 is 10.6 Å². The summed E-state index contributed by atoms with van der Waals surface area (Å²) in [6.45, 7) is 7.81. The molecule has 0 radical (unpaired) electrons. The molecular formula is C13H23N3O4. The van der Waals surface area contributed by atoms with Crippen LogP contribution in [0.4, 0.5) is 4.79 Å². The highest BCUT2D eigenvalue weighted by Crippen LogP contribution is 2.20. The lowest BCUT2D eigenvalue weighted by Crippen LogP contribution is -2.62. The van der Waals surface area contributed by atoms with Gasteiger partial charge < -0.3 is 20.6 Å². The second kappa shape index (κ2) is 6.11. The van der Waals surface area contributed by atoms with Crippen molar-refractivity contribution in [1.82, 2.24) is 15.5 Å². The number of hydrogen-bond donors (Lipinski definition) is 3. The third-order valence-electron chi connectivity index (χ3n) is 3.36. The van der Waals surface area contributed by atoms with Gasteiger partial charge in [-0.25, -0.2) is 9.59 Å². The first-order chi connectivity index (χ1) is 9.18. The Morgan fingerprint density at radius 2 is 2.10 bits per heavy atom. The second-order valence-corrected chi connectivity index (χ2v) is 6.00. The van der Waals surface area contributed by atoms with Crippen LogP contribution in [0.5, 0.6) is 0 Å². The minimum absolute atomic E-state index is 0.198. The van der Waals surface area contributed by atoms with Crippen molar-refractivity contribution in [3.8, 4) is 0 Å². The number of rotatable bonds is 3. The fourth-order valence-electron chi connectivity index (χ4n) is 2.22. The molecule has 0 aromatic rings. The maximum absolute atomic E-state index is 12.2. The molecule has 3 amide bonds. The van der Waals surface area contributed by atoms with Crippen molar-refractivity contribution in [2.24, 2.45) is 5.41 Å². The van der Waals surface area contributed by atoms with Crippen LogP contribution in [0.25, 0.3) is 0 Å². The molecule has 1 rings (SSSR count). The van der Waals surface area contributed by atoms with Crippen molar-refractivity contribution in [1.29, 1.82) is 0 Å². The van der Waals surface area contributed by atoms with Gasteiger partial charge in [-0.05, 0) is 11.8 Å². The number of piperazine rings is 1. The summed E-state index contributed by atoms with van der Waals surface area (Å²) < 4.78 is 0. The van der Waals surface area contributed by atoms with Crippen LogP contribution in [0, 0.1) is 5.41 Å². The molecule has 1 heterocycles. The second-order valence-electron chi connectivity index (χ2n) is 6.00. The zero-order valence-electron chi connectivity index (χ0n) is 12.4. The van der Waals surface area contributed by atoms with E-state index in [2.05, 4.69) is 10.6 Å². The fourth-order valence-corrected chi connectivity index (χ4v) is 2.22. The monoisotopic (exact) mass is 285 g/mol. The van der Waals surface area contributed by atoms with E-state index in [9.17, 15) is 19.5 Å². The molecule has 114 valence electrons. The molecule has 1 unspecified atom stereocenters. The molecule has 7 nitrogen and oxygen atoms in total. The van der Waals surface area contributed by atoms with Gasteiger partial charge in [0, 0.05) is 13.1 Å². The zero-order chi connectivity index (χ0) is 15.5. The number of amides is 3. The van der Waals surface area contributed by atoms with Crippen LogP contribution in [0.2, 0.25) is 0 Å². The summed E-state index contributed by atoms with van der Waals surface area (Å²) in [7, 11) is 0. The standard InChI is InChI=1S/C13H23N3O4/c1-5-8-10(17)14-6-7-16(8)12(20)15-9(11(18)19)13(2,3)4/h8-9H,5-7H2,1-4H3,(H,14,17)(H,15,20)(H,18,19)/t8?,9-/m0/s1. The van der Waals surface area contributed by atoms with E-state index in [1.165, 1.54) is 4.90 Å². The molecule has 1 saturated heterocycles. The Hall–Kier alpha value is -1.79. The number of hydrogen-bond acceptors (Lipinski definition) is 3. The van der Waals surface area contributed by atoms with Crippen molar-refractivity contribution in [3.63, 3.8) is 0 Å². The van der Waals surface area contributed by atoms with E-state index in [0.29, 0.717) is 19.5 Å². The molecular weight excluding hydrogens is 262 g/mol. The largest absolute Gasteiger partial charge is 0.480 e. The number of carbonyl (C=O) groups is 3. The van der Waals surface area contributed by atoms with Crippen LogP contribution in [-0.2, 0) is 9.59 Å². The molecule has 20 heavy (non-hydrogen) atoms. The van der Waals surface area contributed by atoms with Crippen LogP contribution in [0.15, 0.2) is 0 Å². The van der Waals surface area contributed by atoms with Gasteiger partial charge in [-0.15, -0.1) is 0 Å². The first kappa shape index (κ1) is 16.3. The summed E-state index contributed by atoms with van der Waals surface area (Å²) in [5, 5.41) is 14.4. The van der Waals surface area contributed by atoms with E-state index < -0.39 is 29.5 Å². The molecule has 0 bridgehead atoms. The quantitative estimate of drug-likeness (QED) is 0.699. The van der Waals surface area contributed by atoms with E-state index in [-0.39, 0.29) is 5.91 Å².